The third-order valence-electron chi connectivity index (χ3n) is 3.26. The topological polar surface area (TPSA) is 108 Å². The van der Waals surface area contributed by atoms with E-state index in [2.05, 4.69) is 10.5 Å². The normalized spacial score (nSPS) is 28.2. The molecule has 0 heterocycles. The quantitative estimate of drug-likeness (QED) is 0.186. The highest BCUT2D eigenvalue weighted by Gasteiger charge is 2.26. The number of nitrogens with two attached hydrogens (primary N) is 1. The largest absolute Gasteiger partial charge is 0.409 e. The second-order valence-electron chi connectivity index (χ2n) is 4.57. The van der Waals surface area contributed by atoms with Gasteiger partial charge in [-0.1, -0.05) is 24.4 Å². The van der Waals surface area contributed by atoms with Gasteiger partial charge in [0.25, 0.3) is 0 Å². The zero-order valence-corrected chi connectivity index (χ0v) is 10.1. The van der Waals surface area contributed by atoms with Crippen molar-refractivity contribution in [3.05, 3.63) is 0 Å². The van der Waals surface area contributed by atoms with Gasteiger partial charge in [-0.2, -0.15) is 0 Å². The van der Waals surface area contributed by atoms with Crippen LogP contribution in [-0.4, -0.2) is 34.2 Å². The lowest BCUT2D eigenvalue weighted by atomic mass is 10.0. The number of oxime groups is 1. The van der Waals surface area contributed by atoms with Crippen molar-refractivity contribution in [2.75, 3.05) is 0 Å². The molecule has 0 aliphatic heterocycles. The Morgan fingerprint density at radius 2 is 2.06 bits per heavy atom. The van der Waals surface area contributed by atoms with Crippen LogP contribution < -0.4 is 11.1 Å². The zero-order valence-electron chi connectivity index (χ0n) is 10.1. The first-order valence-corrected chi connectivity index (χ1v) is 6.02. The van der Waals surface area contributed by atoms with Crippen molar-refractivity contribution in [1.29, 1.82) is 0 Å². The Balaban J connectivity index is 2.54. The molecule has 0 saturated heterocycles. The highest BCUT2D eigenvalue weighted by Crippen LogP contribution is 2.18. The van der Waals surface area contributed by atoms with E-state index < -0.39 is 12.0 Å². The Morgan fingerprint density at radius 3 is 2.71 bits per heavy atom. The minimum Gasteiger partial charge on any atom is -0.409 e. The Morgan fingerprint density at radius 1 is 1.41 bits per heavy atom. The first kappa shape index (κ1) is 13.8. The van der Waals surface area contributed by atoms with E-state index in [0.717, 1.165) is 25.7 Å². The van der Waals surface area contributed by atoms with Gasteiger partial charge in [0.05, 0.1) is 18.1 Å². The first-order chi connectivity index (χ1) is 8.06. The summed E-state index contributed by atoms with van der Waals surface area (Å²) >= 11 is 0. The van der Waals surface area contributed by atoms with Gasteiger partial charge in [0, 0.05) is 0 Å². The van der Waals surface area contributed by atoms with Gasteiger partial charge < -0.3 is 21.4 Å². The van der Waals surface area contributed by atoms with Gasteiger partial charge in [0.2, 0.25) is 5.91 Å². The van der Waals surface area contributed by atoms with Crippen LogP contribution in [0.5, 0.6) is 0 Å². The van der Waals surface area contributed by atoms with E-state index in [9.17, 15) is 9.90 Å². The number of carbonyl (C=O) groups is 1. The molecule has 0 aromatic carbocycles. The average molecular weight is 243 g/mol. The number of hydrogen-bond donors (Lipinski definition) is 4. The number of carbonyl (C=O) groups excluding carboxylic acids is 1. The van der Waals surface area contributed by atoms with Crippen molar-refractivity contribution in [3.8, 4) is 0 Å². The van der Waals surface area contributed by atoms with Crippen molar-refractivity contribution in [2.24, 2.45) is 16.8 Å². The van der Waals surface area contributed by atoms with Gasteiger partial charge in [-0.3, -0.25) is 4.79 Å². The van der Waals surface area contributed by atoms with Gasteiger partial charge >= 0.3 is 0 Å². The lowest BCUT2D eigenvalue weighted by molar-refractivity contribution is -0.124. The number of hydrogen-bond acceptors (Lipinski definition) is 4. The summed E-state index contributed by atoms with van der Waals surface area (Å²) in [5.41, 5.74) is 5.36. The molecule has 0 bridgehead atoms. The van der Waals surface area contributed by atoms with Crippen LogP contribution in [0, 0.1) is 5.92 Å². The highest BCUT2D eigenvalue weighted by atomic mass is 16.4. The minimum absolute atomic E-state index is 0.120. The van der Waals surface area contributed by atoms with Crippen LogP contribution in [0.1, 0.15) is 39.0 Å². The standard InChI is InChI=1S/C11H21N3O3/c1-7(10(12)14-17)11(16)13-8-5-3-2-4-6-9(8)15/h7-9,15,17H,2-6H2,1H3,(H2,12,14)(H,13,16). The predicted octanol–water partition coefficient (Wildman–Crippen LogP) is 0.179. The summed E-state index contributed by atoms with van der Waals surface area (Å²) in [6.45, 7) is 1.56. The van der Waals surface area contributed by atoms with Crippen LogP contribution in [0.25, 0.3) is 0 Å². The fourth-order valence-electron chi connectivity index (χ4n) is 1.99. The summed E-state index contributed by atoms with van der Waals surface area (Å²) in [5.74, 6) is -1.12. The summed E-state index contributed by atoms with van der Waals surface area (Å²) in [5, 5.41) is 23.9. The molecule has 1 saturated carbocycles. The van der Waals surface area contributed by atoms with Crippen LogP contribution in [0.4, 0.5) is 0 Å². The number of amides is 1. The molecule has 6 heteroatoms. The summed E-state index contributed by atoms with van der Waals surface area (Å²) in [4.78, 5) is 11.8. The first-order valence-electron chi connectivity index (χ1n) is 6.02. The van der Waals surface area contributed by atoms with E-state index >= 15 is 0 Å². The second kappa shape index (κ2) is 6.44. The van der Waals surface area contributed by atoms with Crippen molar-refractivity contribution in [3.63, 3.8) is 0 Å². The molecule has 1 aliphatic rings. The molecule has 0 aromatic rings. The monoisotopic (exact) mass is 243 g/mol. The van der Waals surface area contributed by atoms with Crippen LogP contribution in [0.15, 0.2) is 5.16 Å². The molecule has 0 aromatic heterocycles. The molecule has 1 fully saturated rings. The summed E-state index contributed by atoms with van der Waals surface area (Å²) in [7, 11) is 0. The number of aliphatic hydroxyl groups excluding tert-OH is 1. The molecule has 17 heavy (non-hydrogen) atoms. The number of amidine groups is 1. The van der Waals surface area contributed by atoms with Crippen LogP contribution >= 0.6 is 0 Å². The fraction of sp³-hybridized carbons (Fsp3) is 0.818. The zero-order chi connectivity index (χ0) is 12.8. The van der Waals surface area contributed by atoms with E-state index in [1.165, 1.54) is 0 Å². The van der Waals surface area contributed by atoms with Gasteiger partial charge in [0.15, 0.2) is 5.84 Å². The molecule has 1 rings (SSSR count). The Labute approximate surface area is 101 Å². The minimum atomic E-state index is -0.685. The molecule has 3 unspecified atom stereocenters. The van der Waals surface area contributed by atoms with Gasteiger partial charge in [0.1, 0.15) is 0 Å². The maximum absolute atomic E-state index is 11.8. The lowest BCUT2D eigenvalue weighted by Crippen LogP contribution is -2.47. The van der Waals surface area contributed by atoms with E-state index in [0.29, 0.717) is 6.42 Å². The smallest absolute Gasteiger partial charge is 0.230 e. The maximum atomic E-state index is 11.8. The van der Waals surface area contributed by atoms with Crippen molar-refractivity contribution in [1.82, 2.24) is 5.32 Å². The van der Waals surface area contributed by atoms with E-state index in [-0.39, 0.29) is 17.8 Å². The molecule has 1 aliphatic carbocycles. The fourth-order valence-corrected chi connectivity index (χ4v) is 1.99. The van der Waals surface area contributed by atoms with Crippen molar-refractivity contribution in [2.45, 2.75) is 51.2 Å². The number of aliphatic hydroxyl groups is 1. The third-order valence-corrected chi connectivity index (χ3v) is 3.26. The second-order valence-corrected chi connectivity index (χ2v) is 4.57. The van der Waals surface area contributed by atoms with Crippen LogP contribution in [0.2, 0.25) is 0 Å². The molecule has 6 nitrogen and oxygen atoms in total. The number of nitrogens with zero attached hydrogens (tertiary/aromatic N) is 1. The number of nitrogens with one attached hydrogen (secondary N) is 1. The molecular weight excluding hydrogens is 222 g/mol. The van der Waals surface area contributed by atoms with Crippen molar-refractivity contribution >= 4 is 11.7 Å². The predicted molar refractivity (Wildman–Crippen MR) is 63.6 cm³/mol. The van der Waals surface area contributed by atoms with Gasteiger partial charge in [-0.15, -0.1) is 0 Å². The summed E-state index contributed by atoms with van der Waals surface area (Å²) in [6.07, 6.45) is 4.06. The SMILES string of the molecule is CC(C(=O)NC1CCCCCC1O)C(N)=NO. The lowest BCUT2D eigenvalue weighted by Gasteiger charge is -2.23. The molecule has 5 N–H and O–H groups in total. The summed E-state index contributed by atoms with van der Waals surface area (Å²) in [6, 6.07) is -0.223. The van der Waals surface area contributed by atoms with Crippen LogP contribution in [0.3, 0.4) is 0 Å². The highest BCUT2D eigenvalue weighted by molar-refractivity contribution is 6.01. The Kier molecular flexibility index (Phi) is 5.21. The third kappa shape index (κ3) is 3.89. The van der Waals surface area contributed by atoms with E-state index in [1.54, 1.807) is 6.92 Å². The Hall–Kier alpha value is -1.30. The van der Waals surface area contributed by atoms with Gasteiger partial charge in [-0.05, 0) is 19.8 Å². The molecule has 98 valence electrons. The maximum Gasteiger partial charge on any atom is 0.230 e. The van der Waals surface area contributed by atoms with Gasteiger partial charge in [-0.25, -0.2) is 0 Å². The summed E-state index contributed by atoms with van der Waals surface area (Å²) < 4.78 is 0. The van der Waals surface area contributed by atoms with Crippen molar-refractivity contribution < 1.29 is 15.1 Å². The molecule has 0 radical (unpaired) electrons. The number of rotatable bonds is 3. The van der Waals surface area contributed by atoms with Crippen LogP contribution in [-0.2, 0) is 4.79 Å². The molecule has 3 atom stereocenters. The molecule has 0 spiro atoms. The Bertz CT molecular complexity index is 294. The molecular formula is C11H21N3O3. The van der Waals surface area contributed by atoms with E-state index in [4.69, 9.17) is 10.9 Å². The van der Waals surface area contributed by atoms with E-state index in [1.807, 2.05) is 0 Å². The average Bonchev–Trinajstić information content (AvgIpc) is 2.53. The molecule has 1 amide bonds.